The lowest BCUT2D eigenvalue weighted by Crippen LogP contribution is -2.16. The van der Waals surface area contributed by atoms with Crippen LogP contribution in [-0.4, -0.2) is 19.9 Å². The molecule has 1 N–H and O–H groups in total. The van der Waals surface area contributed by atoms with Gasteiger partial charge in [-0.1, -0.05) is 0 Å². The maximum atomic E-state index is 9.11. The van der Waals surface area contributed by atoms with Crippen LogP contribution in [0.25, 0.3) is 0 Å². The van der Waals surface area contributed by atoms with E-state index < -0.39 is 0 Å². The minimum atomic E-state index is 0.00204. The molecule has 82 valence electrons. The van der Waals surface area contributed by atoms with Crippen molar-refractivity contribution in [3.05, 3.63) is 12.2 Å². The summed E-state index contributed by atoms with van der Waals surface area (Å²) >= 11 is 0. The summed E-state index contributed by atoms with van der Waals surface area (Å²) in [6, 6.07) is 0. The van der Waals surface area contributed by atoms with Crippen LogP contribution in [0.1, 0.15) is 31.5 Å². The van der Waals surface area contributed by atoms with Gasteiger partial charge in [-0.05, 0) is 43.4 Å². The lowest BCUT2D eigenvalue weighted by atomic mass is 9.98. The van der Waals surface area contributed by atoms with E-state index in [2.05, 4.69) is 10.2 Å². The fourth-order valence-corrected chi connectivity index (χ4v) is 2.51. The Balaban J connectivity index is 1.71. The minimum Gasteiger partial charge on any atom is -0.388 e. The Morgan fingerprint density at radius 1 is 1.33 bits per heavy atom. The molecule has 0 unspecified atom stereocenters. The molecule has 0 saturated heterocycles. The SMILES string of the molecule is OCc1nncn1CC(C1CC1)C1CC1. The molecular weight excluding hydrogens is 190 g/mol. The monoisotopic (exact) mass is 207 g/mol. The lowest BCUT2D eigenvalue weighted by molar-refractivity contribution is 0.255. The van der Waals surface area contributed by atoms with Gasteiger partial charge in [0.05, 0.1) is 0 Å². The van der Waals surface area contributed by atoms with Crippen molar-refractivity contribution in [1.29, 1.82) is 0 Å². The summed E-state index contributed by atoms with van der Waals surface area (Å²) in [5, 5.41) is 16.9. The van der Waals surface area contributed by atoms with E-state index in [0.717, 1.165) is 24.3 Å². The largest absolute Gasteiger partial charge is 0.388 e. The van der Waals surface area contributed by atoms with Crippen LogP contribution in [0.4, 0.5) is 0 Å². The van der Waals surface area contributed by atoms with Gasteiger partial charge >= 0.3 is 0 Å². The number of aliphatic hydroxyl groups is 1. The smallest absolute Gasteiger partial charge is 0.158 e. The molecule has 4 heteroatoms. The summed E-state index contributed by atoms with van der Waals surface area (Å²) < 4.78 is 2.03. The standard InChI is InChI=1S/C11H17N3O/c15-6-11-13-12-7-14(11)5-10(8-1-2-8)9-3-4-9/h7-10,15H,1-6H2. The molecule has 0 aromatic carbocycles. The van der Waals surface area contributed by atoms with Crippen LogP contribution in [0.15, 0.2) is 6.33 Å². The van der Waals surface area contributed by atoms with Gasteiger partial charge in [-0.25, -0.2) is 0 Å². The molecule has 15 heavy (non-hydrogen) atoms. The Labute approximate surface area is 89.3 Å². The quantitative estimate of drug-likeness (QED) is 0.789. The number of nitrogens with zero attached hydrogens (tertiary/aromatic N) is 3. The average Bonchev–Trinajstić information content (AvgIpc) is 3.14. The first-order valence-corrected chi connectivity index (χ1v) is 5.86. The first-order valence-electron chi connectivity index (χ1n) is 5.86. The van der Waals surface area contributed by atoms with Crippen molar-refractivity contribution in [3.63, 3.8) is 0 Å². The maximum absolute atomic E-state index is 9.11. The van der Waals surface area contributed by atoms with Gasteiger partial charge < -0.3 is 9.67 Å². The molecule has 0 aliphatic heterocycles. The van der Waals surface area contributed by atoms with Crippen molar-refractivity contribution in [2.45, 2.75) is 38.8 Å². The first-order chi connectivity index (χ1) is 7.38. The highest BCUT2D eigenvalue weighted by Gasteiger charge is 2.41. The number of hydrogen-bond acceptors (Lipinski definition) is 3. The van der Waals surface area contributed by atoms with Gasteiger partial charge in [0, 0.05) is 6.54 Å². The van der Waals surface area contributed by atoms with Gasteiger partial charge in [0.15, 0.2) is 5.82 Å². The molecule has 2 aliphatic rings. The van der Waals surface area contributed by atoms with Gasteiger partial charge in [-0.15, -0.1) is 10.2 Å². The fraction of sp³-hybridized carbons (Fsp3) is 0.818. The summed E-state index contributed by atoms with van der Waals surface area (Å²) in [7, 11) is 0. The second-order valence-corrected chi connectivity index (χ2v) is 4.90. The number of hydrogen-bond donors (Lipinski definition) is 1. The zero-order valence-electron chi connectivity index (χ0n) is 8.84. The highest BCUT2D eigenvalue weighted by Crippen LogP contribution is 2.49. The van der Waals surface area contributed by atoms with E-state index in [9.17, 15) is 0 Å². The van der Waals surface area contributed by atoms with E-state index in [1.165, 1.54) is 25.7 Å². The van der Waals surface area contributed by atoms with Crippen LogP contribution in [0, 0.1) is 17.8 Å². The molecule has 4 nitrogen and oxygen atoms in total. The maximum Gasteiger partial charge on any atom is 0.158 e. The van der Waals surface area contributed by atoms with Crippen LogP contribution in [0.5, 0.6) is 0 Å². The second-order valence-electron chi connectivity index (χ2n) is 4.90. The Morgan fingerprint density at radius 3 is 2.53 bits per heavy atom. The Kier molecular flexibility index (Phi) is 2.24. The first kappa shape index (κ1) is 9.33. The number of aromatic nitrogens is 3. The van der Waals surface area contributed by atoms with Crippen molar-refractivity contribution in [2.24, 2.45) is 17.8 Å². The van der Waals surface area contributed by atoms with Crippen molar-refractivity contribution < 1.29 is 5.11 Å². The van der Waals surface area contributed by atoms with Crippen LogP contribution in [0.3, 0.4) is 0 Å². The van der Waals surface area contributed by atoms with Crippen molar-refractivity contribution in [1.82, 2.24) is 14.8 Å². The molecule has 3 rings (SSSR count). The predicted molar refractivity (Wildman–Crippen MR) is 54.9 cm³/mol. The van der Waals surface area contributed by atoms with Crippen LogP contribution in [-0.2, 0) is 13.2 Å². The summed E-state index contributed by atoms with van der Waals surface area (Å²) in [5.41, 5.74) is 0. The lowest BCUT2D eigenvalue weighted by Gasteiger charge is -2.16. The van der Waals surface area contributed by atoms with Gasteiger partial charge in [0.2, 0.25) is 0 Å². The third-order valence-corrected chi connectivity index (χ3v) is 3.70. The molecule has 2 aliphatic carbocycles. The topological polar surface area (TPSA) is 50.9 Å². The van der Waals surface area contributed by atoms with Crippen LogP contribution in [0.2, 0.25) is 0 Å². The highest BCUT2D eigenvalue weighted by molar-refractivity contribution is 4.93. The molecule has 2 fully saturated rings. The van der Waals surface area contributed by atoms with E-state index in [4.69, 9.17) is 5.11 Å². The van der Waals surface area contributed by atoms with E-state index in [1.54, 1.807) is 6.33 Å². The van der Waals surface area contributed by atoms with Crippen LogP contribution >= 0.6 is 0 Å². The molecule has 1 aromatic rings. The molecule has 0 atom stereocenters. The molecule has 0 bridgehead atoms. The highest BCUT2D eigenvalue weighted by atomic mass is 16.3. The number of aliphatic hydroxyl groups excluding tert-OH is 1. The molecule has 0 spiro atoms. The Morgan fingerprint density at radius 2 is 2.00 bits per heavy atom. The molecule has 0 radical (unpaired) electrons. The molecule has 2 saturated carbocycles. The minimum absolute atomic E-state index is 0.00204. The summed E-state index contributed by atoms with van der Waals surface area (Å²) in [6.07, 6.45) is 7.36. The zero-order valence-corrected chi connectivity index (χ0v) is 8.84. The second kappa shape index (κ2) is 3.59. The third kappa shape index (κ3) is 1.91. The summed E-state index contributed by atoms with van der Waals surface area (Å²) in [5.74, 6) is 3.39. The van der Waals surface area contributed by atoms with Gasteiger partial charge in [-0.3, -0.25) is 0 Å². The number of rotatable bonds is 5. The van der Waals surface area contributed by atoms with Gasteiger partial charge in [-0.2, -0.15) is 0 Å². The van der Waals surface area contributed by atoms with Gasteiger partial charge in [0.25, 0.3) is 0 Å². The normalized spacial score (nSPS) is 21.2. The molecular formula is C11H17N3O. The zero-order chi connectivity index (χ0) is 10.3. The Hall–Kier alpha value is -0.900. The summed E-state index contributed by atoms with van der Waals surface area (Å²) in [4.78, 5) is 0. The van der Waals surface area contributed by atoms with Gasteiger partial charge in [0.1, 0.15) is 12.9 Å². The molecule has 1 heterocycles. The summed E-state index contributed by atoms with van der Waals surface area (Å²) in [6.45, 7) is 1.01. The third-order valence-electron chi connectivity index (χ3n) is 3.70. The average molecular weight is 207 g/mol. The van der Waals surface area contributed by atoms with E-state index in [0.29, 0.717) is 5.82 Å². The predicted octanol–water partition coefficient (Wildman–Crippen LogP) is 1.21. The Bertz CT molecular complexity index is 329. The molecule has 0 amide bonds. The fourth-order valence-electron chi connectivity index (χ4n) is 2.51. The van der Waals surface area contributed by atoms with E-state index in [-0.39, 0.29) is 6.61 Å². The van der Waals surface area contributed by atoms with Crippen molar-refractivity contribution in [3.8, 4) is 0 Å². The van der Waals surface area contributed by atoms with Crippen molar-refractivity contribution in [2.75, 3.05) is 0 Å². The van der Waals surface area contributed by atoms with Crippen molar-refractivity contribution >= 4 is 0 Å². The molecule has 1 aromatic heterocycles. The van der Waals surface area contributed by atoms with Crippen LogP contribution < -0.4 is 0 Å². The van der Waals surface area contributed by atoms with E-state index >= 15 is 0 Å². The van der Waals surface area contributed by atoms with E-state index in [1.807, 2.05) is 4.57 Å².